The number of thioether (sulfide) groups is 1. The van der Waals surface area contributed by atoms with E-state index in [-0.39, 0.29) is 24.4 Å². The topological polar surface area (TPSA) is 46.6 Å². The number of hydrogen-bond acceptors (Lipinski definition) is 4. The molecule has 1 saturated carbocycles. The van der Waals surface area contributed by atoms with Crippen LogP contribution in [0.15, 0.2) is 36.4 Å². The van der Waals surface area contributed by atoms with E-state index in [0.717, 1.165) is 18.4 Å². The number of benzene rings is 1. The van der Waals surface area contributed by atoms with Crippen molar-refractivity contribution in [3.8, 4) is 0 Å². The average molecular weight is 317 g/mol. The Morgan fingerprint density at radius 3 is 2.77 bits per heavy atom. The maximum Gasteiger partial charge on any atom is 0.330 e. The van der Waals surface area contributed by atoms with E-state index in [2.05, 4.69) is 0 Å². The highest BCUT2D eigenvalue weighted by atomic mass is 32.2. The van der Waals surface area contributed by atoms with Gasteiger partial charge in [-0.3, -0.25) is 4.79 Å². The van der Waals surface area contributed by atoms with Crippen molar-refractivity contribution >= 4 is 29.7 Å². The minimum atomic E-state index is -0.414. The van der Waals surface area contributed by atoms with Crippen LogP contribution in [0.4, 0.5) is 0 Å². The third-order valence-corrected chi connectivity index (χ3v) is 4.81. The van der Waals surface area contributed by atoms with Gasteiger partial charge in [-0.25, -0.2) is 4.79 Å². The van der Waals surface area contributed by atoms with Gasteiger partial charge in [-0.15, -0.1) is 11.8 Å². The number of nitrogens with zero attached hydrogens (tertiary/aromatic N) is 1. The molecular formula is C17H19NO3S. The molecule has 1 saturated heterocycles. The third-order valence-electron chi connectivity index (χ3n) is 3.80. The molecule has 1 heterocycles. The molecule has 1 aromatic carbocycles. The van der Waals surface area contributed by atoms with Gasteiger partial charge >= 0.3 is 5.97 Å². The highest BCUT2D eigenvalue weighted by Crippen LogP contribution is 2.34. The minimum absolute atomic E-state index is 0.117. The van der Waals surface area contributed by atoms with Gasteiger partial charge in [-0.05, 0) is 24.5 Å². The number of amides is 1. The molecule has 1 amide bonds. The summed E-state index contributed by atoms with van der Waals surface area (Å²) in [5, 5.41) is 0. The van der Waals surface area contributed by atoms with Crippen LogP contribution in [0, 0.1) is 5.92 Å². The Bertz CT molecular complexity index is 569. The van der Waals surface area contributed by atoms with Gasteiger partial charge in [0.2, 0.25) is 5.91 Å². The second-order valence-electron chi connectivity index (χ2n) is 5.54. The zero-order valence-electron chi connectivity index (χ0n) is 12.3. The van der Waals surface area contributed by atoms with Gasteiger partial charge in [0.1, 0.15) is 12.6 Å². The molecule has 0 radical (unpaired) electrons. The number of ether oxygens (including phenoxy) is 1. The van der Waals surface area contributed by atoms with Crippen molar-refractivity contribution in [3.05, 3.63) is 42.0 Å². The lowest BCUT2D eigenvalue weighted by atomic mass is 10.2. The van der Waals surface area contributed by atoms with Crippen LogP contribution in [0.2, 0.25) is 0 Å². The summed E-state index contributed by atoms with van der Waals surface area (Å²) in [7, 11) is 0. The maximum atomic E-state index is 12.2. The van der Waals surface area contributed by atoms with E-state index < -0.39 is 6.04 Å². The van der Waals surface area contributed by atoms with Crippen LogP contribution in [-0.4, -0.2) is 41.1 Å². The quantitative estimate of drug-likeness (QED) is 0.783. The second kappa shape index (κ2) is 7.01. The van der Waals surface area contributed by atoms with Crippen LogP contribution >= 0.6 is 11.8 Å². The third kappa shape index (κ3) is 3.71. The van der Waals surface area contributed by atoms with Crippen LogP contribution < -0.4 is 0 Å². The van der Waals surface area contributed by atoms with Crippen molar-refractivity contribution in [1.82, 2.24) is 4.90 Å². The minimum Gasteiger partial charge on any atom is -0.460 e. The second-order valence-corrected chi connectivity index (χ2v) is 6.54. The molecule has 1 atom stereocenters. The first kappa shape index (κ1) is 15.2. The van der Waals surface area contributed by atoms with E-state index in [4.69, 9.17) is 4.74 Å². The van der Waals surface area contributed by atoms with Crippen LogP contribution in [0.5, 0.6) is 0 Å². The Morgan fingerprint density at radius 2 is 2.05 bits per heavy atom. The monoisotopic (exact) mass is 317 g/mol. The lowest BCUT2D eigenvalue weighted by Crippen LogP contribution is -2.43. The Hall–Kier alpha value is -1.75. The first-order chi connectivity index (χ1) is 10.8. The number of carbonyl (C=O) groups is 2. The molecule has 22 heavy (non-hydrogen) atoms. The van der Waals surface area contributed by atoms with Crippen LogP contribution in [0.1, 0.15) is 18.4 Å². The summed E-state index contributed by atoms with van der Waals surface area (Å²) < 4.78 is 5.30. The first-order valence-electron chi connectivity index (χ1n) is 7.52. The molecule has 3 rings (SSSR count). The molecule has 1 aliphatic heterocycles. The normalized spacial score (nSPS) is 21.3. The van der Waals surface area contributed by atoms with Crippen molar-refractivity contribution in [2.24, 2.45) is 5.92 Å². The van der Waals surface area contributed by atoms with Gasteiger partial charge in [-0.2, -0.15) is 0 Å². The van der Waals surface area contributed by atoms with Crippen molar-refractivity contribution < 1.29 is 14.3 Å². The van der Waals surface area contributed by atoms with E-state index in [1.54, 1.807) is 16.7 Å². The summed E-state index contributed by atoms with van der Waals surface area (Å²) in [4.78, 5) is 26.0. The predicted octanol–water partition coefficient (Wildman–Crippen LogP) is 2.55. The molecule has 0 spiro atoms. The number of hydrogen-bond donors (Lipinski definition) is 0. The maximum absolute atomic E-state index is 12.2. The van der Waals surface area contributed by atoms with E-state index in [0.29, 0.717) is 11.6 Å². The number of carbonyl (C=O) groups excluding carboxylic acids is 2. The summed E-state index contributed by atoms with van der Waals surface area (Å²) >= 11 is 1.61. The summed E-state index contributed by atoms with van der Waals surface area (Å²) in [5.74, 6) is 1.21. The van der Waals surface area contributed by atoms with E-state index in [9.17, 15) is 9.59 Å². The Kier molecular flexibility index (Phi) is 4.83. The highest BCUT2D eigenvalue weighted by molar-refractivity contribution is 7.99. The zero-order valence-corrected chi connectivity index (χ0v) is 13.1. The van der Waals surface area contributed by atoms with Gasteiger partial charge in [0, 0.05) is 11.7 Å². The Labute approximate surface area is 134 Å². The largest absolute Gasteiger partial charge is 0.460 e. The molecular weight excluding hydrogens is 298 g/mol. The van der Waals surface area contributed by atoms with Crippen molar-refractivity contribution in [2.45, 2.75) is 18.9 Å². The molecule has 0 N–H and O–H groups in total. The summed E-state index contributed by atoms with van der Waals surface area (Å²) in [5.41, 5.74) is 1.07. The fourth-order valence-corrected chi connectivity index (χ4v) is 3.54. The number of rotatable bonds is 5. The SMILES string of the molecule is O=C(OC/C=C/c1ccccc1)C1CSCN1C(=O)C1CC1. The fraction of sp³-hybridized carbons (Fsp3) is 0.412. The van der Waals surface area contributed by atoms with Crippen molar-refractivity contribution in [3.63, 3.8) is 0 Å². The summed E-state index contributed by atoms with van der Waals surface area (Å²) in [6.07, 6.45) is 5.66. The molecule has 2 fully saturated rings. The fourth-order valence-electron chi connectivity index (χ4n) is 2.39. The molecule has 0 bridgehead atoms. The van der Waals surface area contributed by atoms with Gasteiger partial charge in [0.25, 0.3) is 0 Å². The average Bonchev–Trinajstić information content (AvgIpc) is 3.28. The summed E-state index contributed by atoms with van der Waals surface area (Å²) in [6.45, 7) is 0.236. The predicted molar refractivity (Wildman–Crippen MR) is 87.1 cm³/mol. The van der Waals surface area contributed by atoms with E-state index in [1.165, 1.54) is 0 Å². The molecule has 4 nitrogen and oxygen atoms in total. The lowest BCUT2D eigenvalue weighted by molar-refractivity contribution is -0.152. The smallest absolute Gasteiger partial charge is 0.330 e. The van der Waals surface area contributed by atoms with Gasteiger partial charge in [-0.1, -0.05) is 36.4 Å². The Balaban J connectivity index is 1.49. The lowest BCUT2D eigenvalue weighted by Gasteiger charge is -2.22. The molecule has 1 unspecified atom stereocenters. The van der Waals surface area contributed by atoms with Crippen molar-refractivity contribution in [1.29, 1.82) is 0 Å². The molecule has 116 valence electrons. The zero-order chi connectivity index (χ0) is 15.4. The van der Waals surface area contributed by atoms with E-state index >= 15 is 0 Å². The Morgan fingerprint density at radius 1 is 1.27 bits per heavy atom. The molecule has 1 aromatic rings. The van der Waals surface area contributed by atoms with Gasteiger partial charge in [0.15, 0.2) is 0 Å². The van der Waals surface area contributed by atoms with Crippen LogP contribution in [0.25, 0.3) is 6.08 Å². The van der Waals surface area contributed by atoms with Crippen molar-refractivity contribution in [2.75, 3.05) is 18.2 Å². The van der Waals surface area contributed by atoms with Crippen LogP contribution in [0.3, 0.4) is 0 Å². The molecule has 2 aliphatic rings. The molecule has 1 aliphatic carbocycles. The summed E-state index contributed by atoms with van der Waals surface area (Å²) in [6, 6.07) is 9.44. The highest BCUT2D eigenvalue weighted by Gasteiger charge is 2.41. The van der Waals surface area contributed by atoms with Crippen LogP contribution in [-0.2, 0) is 14.3 Å². The number of esters is 1. The molecule has 5 heteroatoms. The van der Waals surface area contributed by atoms with Gasteiger partial charge < -0.3 is 9.64 Å². The molecule has 0 aromatic heterocycles. The standard InChI is InChI=1S/C17H19NO3S/c19-16(14-8-9-14)18-12-22-11-15(18)17(20)21-10-4-7-13-5-2-1-3-6-13/h1-7,14-15H,8-12H2/b7-4+. The van der Waals surface area contributed by atoms with E-state index in [1.807, 2.05) is 42.5 Å². The van der Waals surface area contributed by atoms with Gasteiger partial charge in [0.05, 0.1) is 5.88 Å². The first-order valence-corrected chi connectivity index (χ1v) is 8.67.